The van der Waals surface area contributed by atoms with Crippen molar-refractivity contribution in [1.29, 1.82) is 0 Å². The van der Waals surface area contributed by atoms with Gasteiger partial charge in [-0.3, -0.25) is 13.8 Å². The van der Waals surface area contributed by atoms with Gasteiger partial charge in [0.15, 0.2) is 5.65 Å². The van der Waals surface area contributed by atoms with Gasteiger partial charge in [-0.15, -0.1) is 16.9 Å². The van der Waals surface area contributed by atoms with Crippen molar-refractivity contribution in [1.82, 2.24) is 28.6 Å². The van der Waals surface area contributed by atoms with E-state index in [2.05, 4.69) is 16.7 Å². The lowest BCUT2D eigenvalue weighted by molar-refractivity contribution is -0.137. The predicted molar refractivity (Wildman–Crippen MR) is 174 cm³/mol. The van der Waals surface area contributed by atoms with Crippen molar-refractivity contribution in [2.75, 3.05) is 23.7 Å². The number of fused-ring (bicyclic) bond motifs is 1. The van der Waals surface area contributed by atoms with E-state index in [4.69, 9.17) is 0 Å². The maximum atomic E-state index is 15.0. The molecule has 7 rings (SSSR count). The van der Waals surface area contributed by atoms with Gasteiger partial charge >= 0.3 is 17.6 Å². The van der Waals surface area contributed by atoms with Crippen LogP contribution in [0, 0.1) is 5.82 Å². The van der Waals surface area contributed by atoms with E-state index in [9.17, 15) is 18.8 Å². The highest BCUT2D eigenvalue weighted by atomic mass is 32.2. The highest BCUT2D eigenvalue weighted by Crippen LogP contribution is 2.49. The molecule has 5 aromatic rings. The van der Waals surface area contributed by atoms with Gasteiger partial charge in [-0.25, -0.2) is 18.7 Å². The van der Waals surface area contributed by atoms with Gasteiger partial charge in [0.2, 0.25) is 5.91 Å². The fraction of sp³-hybridized carbons (Fsp3) is 0.303. The van der Waals surface area contributed by atoms with E-state index in [1.165, 1.54) is 31.9 Å². The lowest BCUT2D eigenvalue weighted by Crippen LogP contribution is -2.58. The summed E-state index contributed by atoms with van der Waals surface area (Å²) in [5.74, 6) is -0.721. The average molecular weight is 680 g/mol. The number of aromatic nitrogens is 5. The summed E-state index contributed by atoms with van der Waals surface area (Å²) in [5.41, 5.74) is -1.61. The smallest absolute Gasteiger partial charge is 0.352 e. The number of rotatable bonds is 4. The normalized spacial score (nSPS) is 19.9. The molecular weight excluding hydrogens is 650 g/mol. The van der Waals surface area contributed by atoms with Gasteiger partial charge in [0, 0.05) is 53.0 Å². The third-order valence-corrected chi connectivity index (χ3v) is 10.1. The Morgan fingerprint density at radius 1 is 1.04 bits per heavy atom. The largest absolute Gasteiger partial charge is 0.417 e. The molecule has 0 unspecified atom stereocenters. The van der Waals surface area contributed by atoms with Gasteiger partial charge in [-0.05, 0) is 55.8 Å². The quantitative estimate of drug-likeness (QED) is 0.195. The number of piperazine rings is 1. The Hall–Kier alpha value is -4.92. The molecule has 48 heavy (non-hydrogen) atoms. The highest BCUT2D eigenvalue weighted by molar-refractivity contribution is 7.99. The van der Waals surface area contributed by atoms with Crippen LogP contribution >= 0.6 is 11.8 Å². The summed E-state index contributed by atoms with van der Waals surface area (Å²) in [5, 5.41) is 4.56. The Morgan fingerprint density at radius 3 is 2.40 bits per heavy atom. The summed E-state index contributed by atoms with van der Waals surface area (Å²) >= 11 is 1.08. The molecule has 2 aliphatic rings. The Morgan fingerprint density at radius 2 is 1.75 bits per heavy atom. The first-order valence-electron chi connectivity index (χ1n) is 15.2. The molecule has 3 atom stereocenters. The predicted octanol–water partition coefficient (Wildman–Crippen LogP) is 4.99. The molecule has 248 valence electrons. The number of halogens is 4. The molecule has 0 N–H and O–H groups in total. The summed E-state index contributed by atoms with van der Waals surface area (Å²) < 4.78 is 63.1. The van der Waals surface area contributed by atoms with Crippen LogP contribution in [-0.4, -0.2) is 65.5 Å². The molecule has 1 fully saturated rings. The number of benzene rings is 2. The minimum atomic E-state index is -4.84. The van der Waals surface area contributed by atoms with Crippen LogP contribution in [0.3, 0.4) is 0 Å². The summed E-state index contributed by atoms with van der Waals surface area (Å²) in [6, 6.07) is 9.34. The lowest BCUT2D eigenvalue weighted by atomic mass is 9.96. The Bertz CT molecular complexity index is 2220. The van der Waals surface area contributed by atoms with Crippen LogP contribution < -0.4 is 16.3 Å². The maximum absolute atomic E-state index is 15.0. The first-order chi connectivity index (χ1) is 22.9. The summed E-state index contributed by atoms with van der Waals surface area (Å²) in [4.78, 5) is 47.9. The van der Waals surface area contributed by atoms with E-state index < -0.39 is 35.0 Å². The zero-order chi connectivity index (χ0) is 34.1. The van der Waals surface area contributed by atoms with Crippen LogP contribution in [-0.2, 0) is 17.5 Å². The monoisotopic (exact) mass is 679 g/mol. The molecule has 1 amide bonds. The van der Waals surface area contributed by atoms with E-state index >= 15 is 13.2 Å². The van der Waals surface area contributed by atoms with Crippen molar-refractivity contribution in [3.05, 3.63) is 99.7 Å². The Balaban J connectivity index is 1.49. The van der Waals surface area contributed by atoms with Gasteiger partial charge in [-0.1, -0.05) is 24.8 Å². The summed E-state index contributed by atoms with van der Waals surface area (Å²) in [7, 11) is 0. The molecule has 5 heterocycles. The van der Waals surface area contributed by atoms with Crippen molar-refractivity contribution in [3.63, 3.8) is 0 Å². The van der Waals surface area contributed by atoms with Crippen LogP contribution in [0.2, 0.25) is 0 Å². The molecule has 0 saturated carbocycles. The zero-order valence-corrected chi connectivity index (χ0v) is 26.6. The first kappa shape index (κ1) is 31.7. The fourth-order valence-electron chi connectivity index (χ4n) is 6.88. The molecule has 0 spiro atoms. The number of amides is 1. The standard InChI is InChI=1S/C33H29F4N7O3S/c1-4-26(45)43-18(2)14-40(15-19(43)3)30-23-13-24(33(35,36)37)27(20-8-10-21(34)11-9-20)29-28(23)42(31(46)38-30)16-22(17-48-29)44-32(47)41-12-6-5-7-25(41)39-44/h4-13,18-19,22H,1,14-17H2,2-3H3/t18-,19+,22-/m0/s1. The van der Waals surface area contributed by atoms with Crippen LogP contribution in [0.25, 0.3) is 27.7 Å². The molecule has 0 bridgehead atoms. The van der Waals surface area contributed by atoms with Crippen LogP contribution in [0.15, 0.2) is 81.9 Å². The van der Waals surface area contributed by atoms with Crippen molar-refractivity contribution in [3.8, 4) is 11.1 Å². The molecule has 15 heteroatoms. The lowest BCUT2D eigenvalue weighted by Gasteiger charge is -2.44. The minimum Gasteiger partial charge on any atom is -0.352 e. The van der Waals surface area contributed by atoms with Crippen molar-refractivity contribution in [2.45, 2.75) is 49.6 Å². The number of hydrogen-bond donors (Lipinski definition) is 0. The number of carbonyl (C=O) groups excluding carboxylic acids is 1. The number of carbonyl (C=O) groups is 1. The topological polar surface area (TPSA) is 97.7 Å². The highest BCUT2D eigenvalue weighted by Gasteiger charge is 2.40. The summed E-state index contributed by atoms with van der Waals surface area (Å²) in [6.07, 6.45) is -2.06. The van der Waals surface area contributed by atoms with E-state index in [-0.39, 0.29) is 76.1 Å². The number of alkyl halides is 3. The number of anilines is 1. The fourth-order valence-corrected chi connectivity index (χ4v) is 8.21. The Kier molecular flexibility index (Phi) is 7.68. The second kappa shape index (κ2) is 11.6. The van der Waals surface area contributed by atoms with Gasteiger partial charge in [0.1, 0.15) is 11.6 Å². The molecule has 10 nitrogen and oxygen atoms in total. The van der Waals surface area contributed by atoms with Crippen LogP contribution in [0.1, 0.15) is 25.5 Å². The number of thioether (sulfide) groups is 1. The van der Waals surface area contributed by atoms with Gasteiger partial charge in [0.25, 0.3) is 0 Å². The Labute approximate surface area is 274 Å². The molecule has 1 saturated heterocycles. The maximum Gasteiger partial charge on any atom is 0.417 e. The van der Waals surface area contributed by atoms with Gasteiger partial charge in [0.05, 0.1) is 23.7 Å². The average Bonchev–Trinajstić information content (AvgIpc) is 3.24. The van der Waals surface area contributed by atoms with Crippen molar-refractivity contribution >= 4 is 40.0 Å². The molecule has 3 aromatic heterocycles. The van der Waals surface area contributed by atoms with Crippen LogP contribution in [0.4, 0.5) is 23.4 Å². The minimum absolute atomic E-state index is 0.0667. The second-order valence-electron chi connectivity index (χ2n) is 12.0. The SMILES string of the molecule is C=CC(=O)N1[C@H](C)CN(c2nc(=O)n3c4c(c(-c5ccc(F)cc5)c(C(F)(F)F)cc24)SC[C@@H](n2nc4ccccn4c2=O)C3)C[C@@H]1C. The number of hydrogen-bond acceptors (Lipinski definition) is 7. The molecule has 2 aliphatic heterocycles. The molecule has 2 aromatic carbocycles. The molecule has 0 radical (unpaired) electrons. The van der Waals surface area contributed by atoms with Crippen molar-refractivity contribution < 1.29 is 22.4 Å². The van der Waals surface area contributed by atoms with Crippen molar-refractivity contribution in [2.24, 2.45) is 0 Å². The van der Waals surface area contributed by atoms with E-state index in [0.29, 0.717) is 5.65 Å². The van der Waals surface area contributed by atoms with Gasteiger partial charge < -0.3 is 9.80 Å². The second-order valence-corrected chi connectivity index (χ2v) is 13.1. The third-order valence-electron chi connectivity index (χ3n) is 8.89. The number of nitrogens with zero attached hydrogens (tertiary/aromatic N) is 7. The zero-order valence-electron chi connectivity index (χ0n) is 25.8. The summed E-state index contributed by atoms with van der Waals surface area (Å²) in [6.45, 7) is 7.53. The van der Waals surface area contributed by atoms with Crippen LogP contribution in [0.5, 0.6) is 0 Å². The first-order valence-corrected chi connectivity index (χ1v) is 16.2. The van der Waals surface area contributed by atoms with E-state index in [0.717, 1.165) is 30.0 Å². The van der Waals surface area contributed by atoms with Gasteiger partial charge in [-0.2, -0.15) is 18.2 Å². The van der Waals surface area contributed by atoms with E-state index in [1.54, 1.807) is 34.2 Å². The third kappa shape index (κ3) is 5.16. The number of pyridine rings is 1. The molecular formula is C33H29F4N7O3S. The van der Waals surface area contributed by atoms with E-state index in [1.807, 2.05) is 13.8 Å². The molecule has 0 aliphatic carbocycles.